The van der Waals surface area contributed by atoms with Crippen LogP contribution in [0.4, 0.5) is 10.2 Å². The summed E-state index contributed by atoms with van der Waals surface area (Å²) >= 11 is 6.40. The van der Waals surface area contributed by atoms with Crippen molar-refractivity contribution < 1.29 is 9.50 Å². The quantitative estimate of drug-likeness (QED) is 0.572. The van der Waals surface area contributed by atoms with Crippen LogP contribution in [0.25, 0.3) is 22.4 Å². The van der Waals surface area contributed by atoms with Crippen LogP contribution in [-0.2, 0) is 0 Å². The summed E-state index contributed by atoms with van der Waals surface area (Å²) in [6.07, 6.45) is 2.50. The third-order valence-electron chi connectivity index (χ3n) is 6.27. The Balaban J connectivity index is 1.70. The largest absolute Gasteiger partial charge is 0.388 e. The zero-order valence-corrected chi connectivity index (χ0v) is 18.0. The number of hydrogen-bond donors (Lipinski definition) is 3. The van der Waals surface area contributed by atoms with Gasteiger partial charge in [0.05, 0.1) is 22.4 Å². The van der Waals surface area contributed by atoms with Gasteiger partial charge in [-0.2, -0.15) is 5.10 Å². The fraction of sp³-hybridized carbons (Fsp3) is 0.476. The summed E-state index contributed by atoms with van der Waals surface area (Å²) in [4.78, 5) is 10.8. The van der Waals surface area contributed by atoms with Gasteiger partial charge in [0.25, 0.3) is 0 Å². The second-order valence-electron chi connectivity index (χ2n) is 8.09. The van der Waals surface area contributed by atoms with Gasteiger partial charge < -0.3 is 15.3 Å². The molecular formula is C21H26ClFN6O. The van der Waals surface area contributed by atoms with Gasteiger partial charge in [0.1, 0.15) is 11.5 Å². The topological polar surface area (TPSA) is 90.0 Å². The Kier molecular flexibility index (Phi) is 5.65. The summed E-state index contributed by atoms with van der Waals surface area (Å²) in [6.45, 7) is 7.79. The standard InChI is InChI=1S/C21H26ClFN6O/c1-4-12(2)21(3,30)16-11-29(9-8-24-16)20-14(22)10-15(23)18(26-20)17-13-6-5-7-25-19(13)28-27-17/h5-7,10,12,16,24,30H,4,8-9,11H2,1-3H3,(H,25,27,28)/t12?,16-,21+/m0/s1. The van der Waals surface area contributed by atoms with Gasteiger partial charge in [0, 0.05) is 31.2 Å². The number of nitrogens with zero attached hydrogens (tertiary/aromatic N) is 4. The van der Waals surface area contributed by atoms with Crippen LogP contribution in [0.3, 0.4) is 0 Å². The average molecular weight is 433 g/mol. The molecule has 4 heterocycles. The molecule has 1 saturated heterocycles. The summed E-state index contributed by atoms with van der Waals surface area (Å²) < 4.78 is 14.8. The average Bonchev–Trinajstić information content (AvgIpc) is 3.17. The Bertz CT molecular complexity index is 1060. The first kappa shape index (κ1) is 21.0. The van der Waals surface area contributed by atoms with Gasteiger partial charge in [-0.15, -0.1) is 0 Å². The lowest BCUT2D eigenvalue weighted by Gasteiger charge is -2.44. The molecule has 1 fully saturated rings. The third kappa shape index (κ3) is 3.64. The number of fused-ring (bicyclic) bond motifs is 1. The van der Waals surface area contributed by atoms with Gasteiger partial charge in [-0.05, 0) is 31.0 Å². The molecule has 3 aromatic heterocycles. The van der Waals surface area contributed by atoms with E-state index in [1.54, 1.807) is 12.3 Å². The SMILES string of the molecule is CCC(C)[C@@](C)(O)[C@@H]1CN(c2nc(-c3[nH]nc4ncccc34)c(F)cc2Cl)CCN1. The van der Waals surface area contributed by atoms with Crippen molar-refractivity contribution in [1.82, 2.24) is 25.5 Å². The van der Waals surface area contributed by atoms with Crippen molar-refractivity contribution in [2.24, 2.45) is 5.92 Å². The number of anilines is 1. The normalized spacial score (nSPS) is 20.3. The Labute approximate surface area is 179 Å². The Morgan fingerprint density at radius 3 is 3.03 bits per heavy atom. The van der Waals surface area contributed by atoms with E-state index in [4.69, 9.17) is 11.6 Å². The lowest BCUT2D eigenvalue weighted by molar-refractivity contribution is -0.0306. The highest BCUT2D eigenvalue weighted by Gasteiger charge is 2.39. The van der Waals surface area contributed by atoms with Crippen molar-refractivity contribution in [2.75, 3.05) is 24.5 Å². The number of pyridine rings is 2. The summed E-state index contributed by atoms with van der Waals surface area (Å²) in [5.74, 6) is 0.0774. The summed E-state index contributed by atoms with van der Waals surface area (Å²) in [6, 6.07) is 4.71. The second kappa shape index (κ2) is 8.09. The first-order valence-electron chi connectivity index (χ1n) is 10.2. The molecule has 3 N–H and O–H groups in total. The van der Waals surface area contributed by atoms with E-state index in [9.17, 15) is 9.50 Å². The fourth-order valence-corrected chi connectivity index (χ4v) is 4.23. The smallest absolute Gasteiger partial charge is 0.181 e. The van der Waals surface area contributed by atoms with Crippen LogP contribution in [0.15, 0.2) is 24.4 Å². The van der Waals surface area contributed by atoms with E-state index in [-0.39, 0.29) is 22.7 Å². The number of hydrogen-bond acceptors (Lipinski definition) is 6. The molecule has 0 amide bonds. The van der Waals surface area contributed by atoms with Gasteiger partial charge in [-0.25, -0.2) is 14.4 Å². The first-order valence-corrected chi connectivity index (χ1v) is 10.6. The first-order chi connectivity index (χ1) is 14.3. The van der Waals surface area contributed by atoms with Crippen LogP contribution < -0.4 is 10.2 Å². The van der Waals surface area contributed by atoms with Gasteiger partial charge in [0.2, 0.25) is 0 Å². The highest BCUT2D eigenvalue weighted by molar-refractivity contribution is 6.33. The minimum absolute atomic E-state index is 0.117. The lowest BCUT2D eigenvalue weighted by atomic mass is 9.81. The summed E-state index contributed by atoms with van der Waals surface area (Å²) in [5.41, 5.74) is 0.214. The van der Waals surface area contributed by atoms with Crippen molar-refractivity contribution in [3.8, 4) is 11.4 Å². The van der Waals surface area contributed by atoms with E-state index in [0.29, 0.717) is 42.2 Å². The molecule has 0 bridgehead atoms. The highest BCUT2D eigenvalue weighted by atomic mass is 35.5. The molecule has 0 saturated carbocycles. The van der Waals surface area contributed by atoms with Crippen LogP contribution in [-0.4, -0.2) is 56.5 Å². The summed E-state index contributed by atoms with van der Waals surface area (Å²) in [7, 11) is 0. The van der Waals surface area contributed by atoms with E-state index in [1.807, 2.05) is 24.8 Å². The van der Waals surface area contributed by atoms with E-state index < -0.39 is 11.4 Å². The van der Waals surface area contributed by atoms with E-state index in [2.05, 4.69) is 32.4 Å². The van der Waals surface area contributed by atoms with Crippen LogP contribution in [0.1, 0.15) is 27.2 Å². The van der Waals surface area contributed by atoms with Gasteiger partial charge in [0.15, 0.2) is 11.5 Å². The van der Waals surface area contributed by atoms with Crippen LogP contribution in [0.2, 0.25) is 5.02 Å². The van der Waals surface area contributed by atoms with Crippen molar-refractivity contribution >= 4 is 28.5 Å². The molecule has 1 aliphatic heterocycles. The molecule has 3 aromatic rings. The third-order valence-corrected chi connectivity index (χ3v) is 6.55. The molecule has 9 heteroatoms. The number of nitrogens with one attached hydrogen (secondary N) is 2. The lowest BCUT2D eigenvalue weighted by Crippen LogP contribution is -2.62. The van der Waals surface area contributed by atoms with Crippen molar-refractivity contribution in [1.29, 1.82) is 0 Å². The molecule has 0 spiro atoms. The number of aromatic amines is 1. The molecule has 1 unspecified atom stereocenters. The van der Waals surface area contributed by atoms with E-state index in [1.165, 1.54) is 6.07 Å². The predicted octanol–water partition coefficient (Wildman–Crippen LogP) is 3.39. The monoisotopic (exact) mass is 432 g/mol. The fourth-order valence-electron chi connectivity index (χ4n) is 3.98. The van der Waals surface area contributed by atoms with Crippen molar-refractivity contribution in [3.63, 3.8) is 0 Å². The molecule has 4 rings (SSSR count). The predicted molar refractivity (Wildman–Crippen MR) is 116 cm³/mol. The molecule has 160 valence electrons. The van der Waals surface area contributed by atoms with E-state index in [0.717, 1.165) is 6.42 Å². The van der Waals surface area contributed by atoms with Crippen molar-refractivity contribution in [3.05, 3.63) is 35.2 Å². The Morgan fingerprint density at radius 1 is 1.47 bits per heavy atom. The molecule has 7 nitrogen and oxygen atoms in total. The summed E-state index contributed by atoms with van der Waals surface area (Å²) in [5, 5.41) is 22.4. The maximum atomic E-state index is 14.8. The number of aromatic nitrogens is 4. The maximum absolute atomic E-state index is 14.8. The van der Waals surface area contributed by atoms with Gasteiger partial charge in [-0.1, -0.05) is 31.9 Å². The zero-order chi connectivity index (χ0) is 21.5. The van der Waals surface area contributed by atoms with Crippen molar-refractivity contribution in [2.45, 2.75) is 38.8 Å². The zero-order valence-electron chi connectivity index (χ0n) is 17.3. The number of rotatable bonds is 5. The van der Waals surface area contributed by atoms with Crippen LogP contribution >= 0.6 is 11.6 Å². The molecule has 0 radical (unpaired) electrons. The second-order valence-corrected chi connectivity index (χ2v) is 8.49. The number of aliphatic hydroxyl groups is 1. The Morgan fingerprint density at radius 2 is 2.27 bits per heavy atom. The Hall–Kier alpha value is -2.29. The van der Waals surface area contributed by atoms with Crippen LogP contribution in [0, 0.1) is 11.7 Å². The molecule has 1 aliphatic rings. The molecule has 3 atom stereocenters. The molecular weight excluding hydrogens is 407 g/mol. The molecule has 30 heavy (non-hydrogen) atoms. The molecule has 0 aromatic carbocycles. The molecule has 0 aliphatic carbocycles. The number of piperazine rings is 1. The highest BCUT2D eigenvalue weighted by Crippen LogP contribution is 2.34. The van der Waals surface area contributed by atoms with Gasteiger partial charge in [-0.3, -0.25) is 5.10 Å². The number of H-pyrrole nitrogens is 1. The number of halogens is 2. The van der Waals surface area contributed by atoms with Crippen LogP contribution in [0.5, 0.6) is 0 Å². The minimum Gasteiger partial charge on any atom is -0.388 e. The maximum Gasteiger partial charge on any atom is 0.181 e. The van der Waals surface area contributed by atoms with Gasteiger partial charge >= 0.3 is 0 Å². The minimum atomic E-state index is -0.895. The van der Waals surface area contributed by atoms with E-state index >= 15 is 0 Å².